The molecule has 0 bridgehead atoms. The molecule has 0 atom stereocenters. The maximum absolute atomic E-state index is 6.24. The van der Waals surface area contributed by atoms with E-state index < -0.39 is 0 Å². The molecule has 0 unspecified atom stereocenters. The highest BCUT2D eigenvalue weighted by Crippen LogP contribution is 2.39. The zero-order valence-electron chi connectivity index (χ0n) is 7.85. The molecule has 0 spiro atoms. The molecular formula is C10H12N4. The lowest BCUT2D eigenvalue weighted by molar-refractivity contribution is 0.255. The van der Waals surface area contributed by atoms with Gasteiger partial charge in [0.25, 0.3) is 0 Å². The Morgan fingerprint density at radius 3 is 3.00 bits per heavy atom. The average molecular weight is 188 g/mol. The lowest BCUT2D eigenvalue weighted by atomic mass is 9.73. The summed E-state index contributed by atoms with van der Waals surface area (Å²) in [5.74, 6) is 0. The minimum absolute atomic E-state index is 0.171. The second-order valence-electron chi connectivity index (χ2n) is 3.96. The van der Waals surface area contributed by atoms with Crippen molar-refractivity contribution in [1.29, 1.82) is 0 Å². The molecule has 1 aliphatic carbocycles. The van der Waals surface area contributed by atoms with E-state index in [0.29, 0.717) is 0 Å². The first-order valence-corrected chi connectivity index (χ1v) is 4.87. The van der Waals surface area contributed by atoms with Gasteiger partial charge in [-0.05, 0) is 25.3 Å². The van der Waals surface area contributed by atoms with Crippen LogP contribution in [0.25, 0.3) is 5.65 Å². The van der Waals surface area contributed by atoms with E-state index in [4.69, 9.17) is 5.73 Å². The summed E-state index contributed by atoms with van der Waals surface area (Å²) >= 11 is 0. The van der Waals surface area contributed by atoms with Crippen LogP contribution in [0.4, 0.5) is 0 Å². The first kappa shape index (κ1) is 7.94. The van der Waals surface area contributed by atoms with E-state index >= 15 is 0 Å². The van der Waals surface area contributed by atoms with Gasteiger partial charge in [-0.3, -0.25) is 0 Å². The molecule has 4 nitrogen and oxygen atoms in total. The van der Waals surface area contributed by atoms with Gasteiger partial charge in [0.2, 0.25) is 0 Å². The summed E-state index contributed by atoms with van der Waals surface area (Å²) in [6.07, 6.45) is 8.83. The first-order chi connectivity index (χ1) is 6.80. The van der Waals surface area contributed by atoms with Gasteiger partial charge in [-0.1, -0.05) is 0 Å². The molecule has 72 valence electrons. The van der Waals surface area contributed by atoms with E-state index in [1.807, 2.05) is 18.5 Å². The van der Waals surface area contributed by atoms with E-state index in [1.54, 1.807) is 10.7 Å². The van der Waals surface area contributed by atoms with Crippen molar-refractivity contribution in [2.45, 2.75) is 24.8 Å². The van der Waals surface area contributed by atoms with Gasteiger partial charge in [-0.2, -0.15) is 5.10 Å². The van der Waals surface area contributed by atoms with E-state index in [2.05, 4.69) is 10.1 Å². The third kappa shape index (κ3) is 0.915. The molecule has 0 aromatic carbocycles. The smallest absolute Gasteiger partial charge is 0.159 e. The second-order valence-corrected chi connectivity index (χ2v) is 3.96. The molecule has 0 radical (unpaired) electrons. The van der Waals surface area contributed by atoms with Crippen molar-refractivity contribution >= 4 is 5.65 Å². The molecule has 0 aliphatic heterocycles. The van der Waals surface area contributed by atoms with Crippen LogP contribution < -0.4 is 5.73 Å². The van der Waals surface area contributed by atoms with E-state index in [9.17, 15) is 0 Å². The largest absolute Gasteiger partial charge is 0.321 e. The third-order valence-electron chi connectivity index (χ3n) is 3.06. The Bertz CT molecular complexity index is 470. The van der Waals surface area contributed by atoms with Crippen LogP contribution in [0.5, 0.6) is 0 Å². The summed E-state index contributed by atoms with van der Waals surface area (Å²) in [6, 6.07) is 1.87. The summed E-state index contributed by atoms with van der Waals surface area (Å²) in [6.45, 7) is 0. The SMILES string of the molecule is NC1(c2cnn3cccnc23)CCC1. The molecule has 1 saturated carbocycles. The Balaban J connectivity index is 2.22. The molecule has 14 heavy (non-hydrogen) atoms. The lowest BCUT2D eigenvalue weighted by Crippen LogP contribution is -2.43. The predicted octanol–water partition coefficient (Wildman–Crippen LogP) is 1.07. The molecule has 2 aromatic heterocycles. The summed E-state index contributed by atoms with van der Waals surface area (Å²) in [4.78, 5) is 4.31. The quantitative estimate of drug-likeness (QED) is 0.728. The fourth-order valence-corrected chi connectivity index (χ4v) is 2.01. The molecule has 1 fully saturated rings. The van der Waals surface area contributed by atoms with Crippen molar-refractivity contribution < 1.29 is 0 Å². The molecule has 0 saturated heterocycles. The van der Waals surface area contributed by atoms with Crippen molar-refractivity contribution in [3.8, 4) is 0 Å². The standard InChI is InChI=1S/C10H12N4/c11-10(3-1-4-10)8-7-13-14-6-2-5-12-9(8)14/h2,5-7H,1,3-4,11H2. The number of nitrogens with two attached hydrogens (primary N) is 1. The Hall–Kier alpha value is -1.42. The van der Waals surface area contributed by atoms with Crippen LogP contribution in [-0.2, 0) is 5.54 Å². The summed E-state index contributed by atoms with van der Waals surface area (Å²) < 4.78 is 1.78. The fraction of sp³-hybridized carbons (Fsp3) is 0.400. The van der Waals surface area contributed by atoms with Crippen LogP contribution in [0.1, 0.15) is 24.8 Å². The fourth-order valence-electron chi connectivity index (χ4n) is 2.01. The van der Waals surface area contributed by atoms with Gasteiger partial charge in [-0.25, -0.2) is 9.50 Å². The zero-order chi connectivity index (χ0) is 9.60. The minimum atomic E-state index is -0.171. The number of aromatic nitrogens is 3. The number of hydrogen-bond donors (Lipinski definition) is 1. The molecule has 2 aromatic rings. The molecule has 0 amide bonds. The van der Waals surface area contributed by atoms with Crippen LogP contribution >= 0.6 is 0 Å². The Morgan fingerprint density at radius 2 is 2.29 bits per heavy atom. The summed E-state index contributed by atoms with van der Waals surface area (Å²) in [5, 5.41) is 4.24. The van der Waals surface area contributed by atoms with Gasteiger partial charge in [0.1, 0.15) is 0 Å². The molecular weight excluding hydrogens is 176 g/mol. The van der Waals surface area contributed by atoms with Crippen LogP contribution in [0, 0.1) is 0 Å². The van der Waals surface area contributed by atoms with Crippen molar-refractivity contribution in [3.63, 3.8) is 0 Å². The van der Waals surface area contributed by atoms with Crippen LogP contribution in [0.2, 0.25) is 0 Å². The number of nitrogens with zero attached hydrogens (tertiary/aromatic N) is 3. The highest BCUT2D eigenvalue weighted by atomic mass is 15.2. The Kier molecular flexibility index (Phi) is 1.44. The van der Waals surface area contributed by atoms with Gasteiger partial charge in [-0.15, -0.1) is 0 Å². The van der Waals surface area contributed by atoms with Gasteiger partial charge < -0.3 is 5.73 Å². The Labute approximate surface area is 81.8 Å². The monoisotopic (exact) mass is 188 g/mol. The lowest BCUT2D eigenvalue weighted by Gasteiger charge is -2.37. The average Bonchev–Trinajstić information content (AvgIpc) is 2.58. The molecule has 4 heteroatoms. The highest BCUT2D eigenvalue weighted by molar-refractivity contribution is 5.50. The topological polar surface area (TPSA) is 56.2 Å². The zero-order valence-corrected chi connectivity index (χ0v) is 7.85. The minimum Gasteiger partial charge on any atom is -0.321 e. The van der Waals surface area contributed by atoms with Crippen LogP contribution in [0.3, 0.4) is 0 Å². The first-order valence-electron chi connectivity index (χ1n) is 4.87. The number of fused-ring (bicyclic) bond motifs is 1. The van der Waals surface area contributed by atoms with Crippen LogP contribution in [-0.4, -0.2) is 14.6 Å². The molecule has 3 rings (SSSR count). The van der Waals surface area contributed by atoms with Crippen LogP contribution in [0.15, 0.2) is 24.7 Å². The predicted molar refractivity (Wildman–Crippen MR) is 52.7 cm³/mol. The van der Waals surface area contributed by atoms with E-state index in [-0.39, 0.29) is 5.54 Å². The van der Waals surface area contributed by atoms with Gasteiger partial charge in [0, 0.05) is 23.5 Å². The van der Waals surface area contributed by atoms with E-state index in [1.165, 1.54) is 6.42 Å². The van der Waals surface area contributed by atoms with Crippen molar-refractivity contribution in [3.05, 3.63) is 30.2 Å². The van der Waals surface area contributed by atoms with E-state index in [0.717, 1.165) is 24.1 Å². The third-order valence-corrected chi connectivity index (χ3v) is 3.06. The van der Waals surface area contributed by atoms with Gasteiger partial charge >= 0.3 is 0 Å². The second kappa shape index (κ2) is 2.54. The molecule has 1 aliphatic rings. The summed E-state index contributed by atoms with van der Waals surface area (Å²) in [7, 11) is 0. The van der Waals surface area contributed by atoms with Crippen molar-refractivity contribution in [1.82, 2.24) is 14.6 Å². The van der Waals surface area contributed by atoms with Crippen molar-refractivity contribution in [2.75, 3.05) is 0 Å². The van der Waals surface area contributed by atoms with Gasteiger partial charge in [0.15, 0.2) is 5.65 Å². The van der Waals surface area contributed by atoms with Crippen molar-refractivity contribution in [2.24, 2.45) is 5.73 Å². The highest BCUT2D eigenvalue weighted by Gasteiger charge is 2.37. The molecule has 2 N–H and O–H groups in total. The van der Waals surface area contributed by atoms with Gasteiger partial charge in [0.05, 0.1) is 6.20 Å². The Morgan fingerprint density at radius 1 is 1.43 bits per heavy atom. The normalized spacial score (nSPS) is 19.5. The molecule has 2 heterocycles. The summed E-state index contributed by atoms with van der Waals surface area (Å²) in [5.41, 5.74) is 8.06. The maximum atomic E-state index is 6.24. The maximum Gasteiger partial charge on any atom is 0.159 e. The number of rotatable bonds is 1. The number of hydrogen-bond acceptors (Lipinski definition) is 3.